The monoisotopic (exact) mass is 493 g/mol. The number of rotatable bonds is 5. The number of hydrogen-bond acceptors (Lipinski definition) is 7. The molecule has 4 fully saturated rings. The van der Waals surface area contributed by atoms with E-state index in [4.69, 9.17) is 11.0 Å². The van der Waals surface area contributed by atoms with E-state index in [1.807, 2.05) is 4.90 Å². The summed E-state index contributed by atoms with van der Waals surface area (Å²) in [6.07, 6.45) is 0.602. The van der Waals surface area contributed by atoms with Crippen molar-refractivity contribution in [2.45, 2.75) is 81.3 Å². The van der Waals surface area contributed by atoms with Crippen molar-refractivity contribution in [2.75, 3.05) is 20.1 Å². The average molecular weight is 494 g/mol. The lowest BCUT2D eigenvalue weighted by atomic mass is 10.0. The van der Waals surface area contributed by atoms with E-state index in [1.54, 1.807) is 17.9 Å². The lowest BCUT2D eigenvalue weighted by Gasteiger charge is -2.46. The van der Waals surface area contributed by atoms with Gasteiger partial charge in [0.1, 0.15) is 12.0 Å². The summed E-state index contributed by atoms with van der Waals surface area (Å²) in [4.78, 5) is 16.7. The van der Waals surface area contributed by atoms with Gasteiger partial charge in [-0.15, -0.1) is 0 Å². The number of nitriles is 1. The molecule has 0 radical (unpaired) electrons. The predicted molar refractivity (Wildman–Crippen MR) is 124 cm³/mol. The summed E-state index contributed by atoms with van der Waals surface area (Å²) in [5.41, 5.74) is 3.87. The van der Waals surface area contributed by atoms with E-state index in [1.165, 1.54) is 25.0 Å². The van der Waals surface area contributed by atoms with Gasteiger partial charge in [0, 0.05) is 31.7 Å². The maximum atomic E-state index is 13.2. The smallest absolute Gasteiger partial charge is 0.374 e. The third kappa shape index (κ3) is 5.25. The molecule has 1 aromatic carbocycles. The summed E-state index contributed by atoms with van der Waals surface area (Å²) >= 11 is 0. The molecule has 5 rings (SSSR count). The number of alkyl halides is 3. The summed E-state index contributed by atoms with van der Waals surface area (Å²) in [5, 5.41) is 19.6. The Bertz CT molecular complexity index is 965. The number of piperidine rings is 1. The second kappa shape index (κ2) is 9.79. The second-order valence-corrected chi connectivity index (χ2v) is 10.5. The van der Waals surface area contributed by atoms with Crippen LogP contribution in [0.5, 0.6) is 0 Å². The molecule has 3 saturated heterocycles. The second-order valence-electron chi connectivity index (χ2n) is 10.5. The van der Waals surface area contributed by atoms with Gasteiger partial charge >= 0.3 is 6.18 Å². The Hall–Kier alpha value is -2.03. The number of benzene rings is 1. The number of carbonyl (C=O) groups is 1. The molecule has 0 spiro atoms. The molecule has 3 heterocycles. The molecular weight excluding hydrogens is 459 g/mol. The van der Waals surface area contributed by atoms with Gasteiger partial charge in [-0.1, -0.05) is 18.2 Å². The van der Waals surface area contributed by atoms with Crippen molar-refractivity contribution in [1.82, 2.24) is 14.7 Å². The van der Waals surface area contributed by atoms with E-state index in [0.717, 1.165) is 24.4 Å². The Labute approximate surface area is 204 Å². The number of nitrogens with two attached hydrogens (primary N) is 1. The van der Waals surface area contributed by atoms with Gasteiger partial charge in [0.25, 0.3) is 0 Å². The minimum Gasteiger partial charge on any atom is -0.374 e. The largest absolute Gasteiger partial charge is 0.416 e. The van der Waals surface area contributed by atoms with Crippen LogP contribution in [0.3, 0.4) is 0 Å². The Kier molecular flexibility index (Phi) is 7.28. The molecule has 1 aromatic rings. The molecule has 3 aliphatic heterocycles. The van der Waals surface area contributed by atoms with E-state index >= 15 is 0 Å². The van der Waals surface area contributed by atoms with Crippen LogP contribution in [-0.2, 0) is 17.5 Å². The molecule has 3 N–H and O–H groups in total. The molecule has 7 unspecified atom stereocenters. The molecule has 192 valence electrons. The van der Waals surface area contributed by atoms with Crippen LogP contribution in [0, 0.1) is 17.2 Å². The van der Waals surface area contributed by atoms with Gasteiger partial charge in [-0.25, -0.2) is 0 Å². The first-order chi connectivity index (χ1) is 16.5. The van der Waals surface area contributed by atoms with Crippen molar-refractivity contribution in [1.29, 1.82) is 5.26 Å². The average Bonchev–Trinajstić information content (AvgIpc) is 3.43. The van der Waals surface area contributed by atoms with E-state index < -0.39 is 23.5 Å². The Morgan fingerprint density at radius 1 is 1.31 bits per heavy atom. The van der Waals surface area contributed by atoms with Gasteiger partial charge < -0.3 is 15.6 Å². The lowest BCUT2D eigenvalue weighted by molar-refractivity contribution is -0.153. The number of halogens is 3. The van der Waals surface area contributed by atoms with Crippen LogP contribution in [0.4, 0.5) is 13.2 Å². The maximum absolute atomic E-state index is 13.2. The number of hydrogen-bond donors (Lipinski definition) is 2. The Morgan fingerprint density at radius 2 is 2.03 bits per heavy atom. The van der Waals surface area contributed by atoms with Crippen LogP contribution in [0.2, 0.25) is 0 Å². The van der Waals surface area contributed by atoms with Gasteiger partial charge in [-0.05, 0) is 57.2 Å². The molecule has 10 heteroatoms. The molecule has 0 aromatic heterocycles. The minimum atomic E-state index is -4.43. The molecule has 4 aliphatic rings. The first-order valence-electron chi connectivity index (χ1n) is 12.2. The van der Waals surface area contributed by atoms with Crippen LogP contribution in [0.15, 0.2) is 24.3 Å². The zero-order valence-electron chi connectivity index (χ0n) is 20.2. The highest BCUT2D eigenvalue weighted by molar-refractivity contribution is 5.57. The fourth-order valence-corrected chi connectivity index (χ4v) is 6.16. The Morgan fingerprint density at radius 3 is 2.66 bits per heavy atom. The van der Waals surface area contributed by atoms with Gasteiger partial charge in [0.05, 0.1) is 29.8 Å². The van der Waals surface area contributed by atoms with Crippen LogP contribution in [0.25, 0.3) is 0 Å². The summed E-state index contributed by atoms with van der Waals surface area (Å²) in [6, 6.07) is 7.81. The quantitative estimate of drug-likeness (QED) is 0.607. The van der Waals surface area contributed by atoms with Crippen molar-refractivity contribution in [3.8, 4) is 6.07 Å². The third-order valence-electron chi connectivity index (χ3n) is 8.18. The zero-order chi connectivity index (χ0) is 25.5. The highest BCUT2D eigenvalue weighted by atomic mass is 19.4. The number of likely N-dealkylation sites (tertiary alicyclic amines) is 3. The molecule has 0 amide bonds. The predicted octanol–water partition coefficient (Wildman–Crippen LogP) is 2.19. The van der Waals surface area contributed by atoms with Gasteiger partial charge in [0.15, 0.2) is 0 Å². The minimum absolute atomic E-state index is 0.0252. The number of fused-ring (bicyclic) bond motifs is 3. The molecule has 1 aliphatic carbocycles. The van der Waals surface area contributed by atoms with Crippen molar-refractivity contribution < 1.29 is 23.1 Å². The van der Waals surface area contributed by atoms with Crippen molar-refractivity contribution in [2.24, 2.45) is 11.7 Å². The van der Waals surface area contributed by atoms with E-state index in [2.05, 4.69) is 18.0 Å². The number of nitrogens with zero attached hydrogens (tertiary/aromatic N) is 4. The molecule has 2 bridgehead atoms. The third-order valence-corrected chi connectivity index (χ3v) is 8.18. The summed E-state index contributed by atoms with van der Waals surface area (Å²) in [5.74, 6) is 0.939. The fourth-order valence-electron chi connectivity index (χ4n) is 6.16. The van der Waals surface area contributed by atoms with Crippen molar-refractivity contribution in [3.63, 3.8) is 0 Å². The maximum Gasteiger partial charge on any atom is 0.416 e. The Balaban J connectivity index is 0.000000239. The van der Waals surface area contributed by atoms with E-state index in [0.29, 0.717) is 25.8 Å². The van der Waals surface area contributed by atoms with Crippen molar-refractivity contribution >= 4 is 6.29 Å². The molecule has 7 nitrogen and oxygen atoms in total. The molecule has 7 atom stereocenters. The fraction of sp³-hybridized carbons (Fsp3) is 0.680. The highest BCUT2D eigenvalue weighted by Gasteiger charge is 2.57. The molecule has 1 saturated carbocycles. The number of piperazine rings is 1. The first kappa shape index (κ1) is 26.0. The van der Waals surface area contributed by atoms with Crippen LogP contribution in [-0.4, -0.2) is 82.2 Å². The lowest BCUT2D eigenvalue weighted by Crippen LogP contribution is -2.62. The van der Waals surface area contributed by atoms with Gasteiger partial charge in [-0.3, -0.25) is 14.7 Å². The van der Waals surface area contributed by atoms with E-state index in [9.17, 15) is 23.1 Å². The highest BCUT2D eigenvalue weighted by Crippen LogP contribution is 2.45. The number of aliphatic hydroxyl groups is 1. The summed E-state index contributed by atoms with van der Waals surface area (Å²) in [6.45, 7) is 2.56. The summed E-state index contributed by atoms with van der Waals surface area (Å²) < 4.78 is 39.6. The van der Waals surface area contributed by atoms with Crippen LogP contribution < -0.4 is 5.73 Å². The first-order valence-corrected chi connectivity index (χ1v) is 12.2. The zero-order valence-corrected chi connectivity index (χ0v) is 20.2. The van der Waals surface area contributed by atoms with E-state index in [-0.39, 0.29) is 30.2 Å². The number of aldehydes is 1. The summed E-state index contributed by atoms with van der Waals surface area (Å²) in [7, 11) is 2.08. The molecular formula is C25H34F3N5O2. The van der Waals surface area contributed by atoms with Crippen LogP contribution >= 0.6 is 0 Å². The topological polar surface area (TPSA) is 96.8 Å². The van der Waals surface area contributed by atoms with Gasteiger partial charge in [-0.2, -0.15) is 18.4 Å². The normalized spacial score (nSPS) is 35.5. The SMILES string of the molecule is CC1(O)C2CC(CN2CC(N)C=O)N1Cc1ccccc1C(F)(F)F.CN1C(C#N)CCC2CC21. The van der Waals surface area contributed by atoms with Gasteiger partial charge in [0.2, 0.25) is 0 Å². The number of carbonyl (C=O) groups excluding carboxylic acids is 1. The molecule has 35 heavy (non-hydrogen) atoms. The van der Waals surface area contributed by atoms with Crippen molar-refractivity contribution in [3.05, 3.63) is 35.4 Å². The standard InChI is InChI=1S/C17H22F3N3O2.C8H12N2/c1-16(25)15-6-13(9-22(15)8-12(21)10-24)23(16)7-11-4-2-3-5-14(11)17(18,19)20;1-10-7(5-9)3-2-6-4-8(6)10/h2-5,10,12-13,15,25H,6-9,21H2,1H3;6-8H,2-4H2,1H3. The van der Waals surface area contributed by atoms with Crippen LogP contribution in [0.1, 0.15) is 43.7 Å².